The summed E-state index contributed by atoms with van der Waals surface area (Å²) >= 11 is 0. The number of nitrogens with zero attached hydrogens (tertiary/aromatic N) is 2. The van der Waals surface area contributed by atoms with Crippen LogP contribution in [0.4, 0.5) is 14.5 Å². The average molecular weight is 372 g/mol. The van der Waals surface area contributed by atoms with Crippen LogP contribution in [0, 0.1) is 11.6 Å². The molecule has 6 nitrogen and oxygen atoms in total. The second-order valence-corrected chi connectivity index (χ2v) is 5.74. The molecule has 1 heterocycles. The van der Waals surface area contributed by atoms with Gasteiger partial charge in [-0.05, 0) is 36.4 Å². The molecule has 0 fully saturated rings. The summed E-state index contributed by atoms with van der Waals surface area (Å²) in [7, 11) is 1.77. The van der Waals surface area contributed by atoms with Crippen molar-refractivity contribution in [2.45, 2.75) is 0 Å². The molecule has 3 rings (SSSR count). The Balaban J connectivity index is 1.95. The summed E-state index contributed by atoms with van der Waals surface area (Å²) in [5.74, 6) is -2.18. The van der Waals surface area contributed by atoms with E-state index in [0.29, 0.717) is 30.2 Å². The third-order valence-electron chi connectivity index (χ3n) is 3.90. The third-order valence-corrected chi connectivity index (χ3v) is 3.90. The van der Waals surface area contributed by atoms with E-state index in [2.05, 4.69) is 10.4 Å². The molecule has 1 amide bonds. The number of aromatic nitrogens is 2. The molecule has 0 aliphatic rings. The molecule has 0 radical (unpaired) electrons. The Bertz CT molecular complexity index is 952. The number of nitrogens with one attached hydrogen (secondary N) is 1. The Kier molecular flexibility index (Phi) is 5.46. The van der Waals surface area contributed by atoms with E-state index < -0.39 is 23.1 Å². The van der Waals surface area contributed by atoms with Gasteiger partial charge in [0, 0.05) is 31.0 Å². The Labute approximate surface area is 154 Å². The number of halogens is 2. The van der Waals surface area contributed by atoms with Crippen molar-refractivity contribution in [3.8, 4) is 17.0 Å². The van der Waals surface area contributed by atoms with Gasteiger partial charge >= 0.3 is 0 Å². The lowest BCUT2D eigenvalue weighted by Crippen LogP contribution is -2.16. The fourth-order valence-electron chi connectivity index (χ4n) is 2.65. The van der Waals surface area contributed by atoms with Gasteiger partial charge in [-0.3, -0.25) is 9.48 Å². The van der Waals surface area contributed by atoms with Gasteiger partial charge in [-0.15, -0.1) is 0 Å². The number of nitrogens with two attached hydrogens (primary N) is 1. The minimum atomic E-state index is -0.928. The highest BCUT2D eigenvalue weighted by Crippen LogP contribution is 2.32. The number of aryl methyl sites for hydroxylation is 1. The van der Waals surface area contributed by atoms with Crippen molar-refractivity contribution in [3.63, 3.8) is 0 Å². The number of benzene rings is 2. The topological polar surface area (TPSA) is 82.2 Å². The van der Waals surface area contributed by atoms with Crippen LogP contribution in [0.1, 0.15) is 10.4 Å². The maximum Gasteiger partial charge on any atom is 0.261 e. The third kappa shape index (κ3) is 3.95. The number of anilines is 1. The van der Waals surface area contributed by atoms with E-state index in [1.54, 1.807) is 42.2 Å². The maximum absolute atomic E-state index is 13.8. The first-order valence-electron chi connectivity index (χ1n) is 8.22. The molecule has 140 valence electrons. The van der Waals surface area contributed by atoms with E-state index in [1.165, 1.54) is 6.07 Å². The quantitative estimate of drug-likeness (QED) is 0.697. The van der Waals surface area contributed by atoms with Crippen LogP contribution in [0.5, 0.6) is 5.75 Å². The predicted octanol–water partition coefficient (Wildman–Crippen LogP) is 2.96. The Hall–Kier alpha value is -3.26. The standard InChI is InChI=1S/C19H18F2N4O2/c1-25-16(7-9-23-25)13-11-12(5-6-17(13)27-10-8-22)24-19(26)18-14(20)3-2-4-15(18)21/h2-7,9,11H,8,10,22H2,1H3,(H,24,26). The summed E-state index contributed by atoms with van der Waals surface area (Å²) < 4.78 is 34.9. The molecule has 0 saturated heterocycles. The number of carbonyl (C=O) groups excluding carboxylic acids is 1. The van der Waals surface area contributed by atoms with Crippen molar-refractivity contribution in [2.24, 2.45) is 12.8 Å². The van der Waals surface area contributed by atoms with E-state index >= 15 is 0 Å². The van der Waals surface area contributed by atoms with Gasteiger partial charge < -0.3 is 15.8 Å². The molecule has 3 N–H and O–H groups in total. The van der Waals surface area contributed by atoms with E-state index in [0.717, 1.165) is 17.8 Å². The molecule has 0 unspecified atom stereocenters. The van der Waals surface area contributed by atoms with Crippen LogP contribution in [0.25, 0.3) is 11.3 Å². The molecule has 0 spiro atoms. The van der Waals surface area contributed by atoms with Gasteiger partial charge in [-0.1, -0.05) is 6.07 Å². The molecule has 0 bridgehead atoms. The molecule has 0 atom stereocenters. The molecule has 3 aromatic rings. The van der Waals surface area contributed by atoms with E-state index in [9.17, 15) is 13.6 Å². The summed E-state index contributed by atoms with van der Waals surface area (Å²) in [4.78, 5) is 12.3. The van der Waals surface area contributed by atoms with Gasteiger partial charge in [0.15, 0.2) is 0 Å². The number of hydrogen-bond donors (Lipinski definition) is 2. The normalized spacial score (nSPS) is 10.7. The SMILES string of the molecule is Cn1nccc1-c1cc(NC(=O)c2c(F)cccc2F)ccc1OCCN. The number of carbonyl (C=O) groups is 1. The van der Waals surface area contributed by atoms with Crippen molar-refractivity contribution in [2.75, 3.05) is 18.5 Å². The van der Waals surface area contributed by atoms with E-state index in [-0.39, 0.29) is 0 Å². The molecular weight excluding hydrogens is 354 g/mol. The van der Waals surface area contributed by atoms with Gasteiger partial charge in [0.2, 0.25) is 0 Å². The van der Waals surface area contributed by atoms with Crippen LogP contribution in [0.3, 0.4) is 0 Å². The molecular formula is C19H18F2N4O2. The van der Waals surface area contributed by atoms with Crippen LogP contribution < -0.4 is 15.8 Å². The van der Waals surface area contributed by atoms with Crippen molar-refractivity contribution in [1.29, 1.82) is 0 Å². The summed E-state index contributed by atoms with van der Waals surface area (Å²) in [5, 5.41) is 6.64. The lowest BCUT2D eigenvalue weighted by molar-refractivity contribution is 0.101. The van der Waals surface area contributed by atoms with Crippen molar-refractivity contribution in [1.82, 2.24) is 9.78 Å². The first-order chi connectivity index (χ1) is 13.0. The maximum atomic E-state index is 13.8. The minimum Gasteiger partial charge on any atom is -0.492 e. The van der Waals surface area contributed by atoms with Crippen LogP contribution in [0.15, 0.2) is 48.7 Å². The van der Waals surface area contributed by atoms with Crippen LogP contribution >= 0.6 is 0 Å². The summed E-state index contributed by atoms with van der Waals surface area (Å²) in [6.45, 7) is 0.660. The zero-order valence-electron chi connectivity index (χ0n) is 14.6. The smallest absolute Gasteiger partial charge is 0.261 e. The highest BCUT2D eigenvalue weighted by atomic mass is 19.1. The first-order valence-corrected chi connectivity index (χ1v) is 8.22. The summed E-state index contributed by atoms with van der Waals surface area (Å²) in [5.41, 5.74) is 6.62. The summed E-state index contributed by atoms with van der Waals surface area (Å²) in [6.07, 6.45) is 1.63. The van der Waals surface area contributed by atoms with E-state index in [4.69, 9.17) is 10.5 Å². The van der Waals surface area contributed by atoms with E-state index in [1.807, 2.05) is 0 Å². The number of hydrogen-bond acceptors (Lipinski definition) is 4. The first kappa shape index (κ1) is 18.5. The molecule has 2 aromatic carbocycles. The Morgan fingerprint density at radius 3 is 2.59 bits per heavy atom. The van der Waals surface area contributed by atoms with Crippen LogP contribution in [-0.4, -0.2) is 28.8 Å². The molecule has 0 saturated carbocycles. The zero-order chi connectivity index (χ0) is 19.4. The fourth-order valence-corrected chi connectivity index (χ4v) is 2.65. The van der Waals surface area contributed by atoms with Crippen molar-refractivity contribution < 1.29 is 18.3 Å². The molecule has 0 aliphatic carbocycles. The monoisotopic (exact) mass is 372 g/mol. The van der Waals surface area contributed by atoms with Crippen LogP contribution in [0.2, 0.25) is 0 Å². The number of amides is 1. The average Bonchev–Trinajstić information content (AvgIpc) is 3.06. The summed E-state index contributed by atoms with van der Waals surface area (Å²) in [6, 6.07) is 9.94. The Morgan fingerprint density at radius 2 is 1.96 bits per heavy atom. The largest absolute Gasteiger partial charge is 0.492 e. The minimum absolute atomic E-state index is 0.316. The highest BCUT2D eigenvalue weighted by Gasteiger charge is 2.18. The van der Waals surface area contributed by atoms with Gasteiger partial charge in [-0.2, -0.15) is 5.10 Å². The van der Waals surface area contributed by atoms with Gasteiger partial charge in [0.05, 0.1) is 5.69 Å². The second-order valence-electron chi connectivity index (χ2n) is 5.74. The Morgan fingerprint density at radius 1 is 1.22 bits per heavy atom. The lowest BCUT2D eigenvalue weighted by Gasteiger charge is -2.14. The number of ether oxygens (including phenoxy) is 1. The van der Waals surface area contributed by atoms with Gasteiger partial charge in [-0.25, -0.2) is 8.78 Å². The molecule has 8 heteroatoms. The fraction of sp³-hybridized carbons (Fsp3) is 0.158. The van der Waals surface area contributed by atoms with Gasteiger partial charge in [0.25, 0.3) is 5.91 Å². The van der Waals surface area contributed by atoms with Crippen LogP contribution in [-0.2, 0) is 7.05 Å². The van der Waals surface area contributed by atoms with Gasteiger partial charge in [0.1, 0.15) is 29.6 Å². The molecule has 0 aliphatic heterocycles. The lowest BCUT2D eigenvalue weighted by atomic mass is 10.1. The predicted molar refractivity (Wildman–Crippen MR) is 97.5 cm³/mol. The highest BCUT2D eigenvalue weighted by molar-refractivity contribution is 6.05. The molecule has 27 heavy (non-hydrogen) atoms. The van der Waals surface area contributed by atoms with Crippen molar-refractivity contribution in [3.05, 3.63) is 65.9 Å². The zero-order valence-corrected chi connectivity index (χ0v) is 14.6. The second kappa shape index (κ2) is 7.96. The number of rotatable bonds is 6. The van der Waals surface area contributed by atoms with Crippen molar-refractivity contribution >= 4 is 11.6 Å². The molecule has 1 aromatic heterocycles.